The molecule has 2 amide bonds. The van der Waals surface area contributed by atoms with Crippen LogP contribution in [-0.4, -0.2) is 34.4 Å². The average molecular weight is 434 g/mol. The Morgan fingerprint density at radius 3 is 2.68 bits per heavy atom. The summed E-state index contributed by atoms with van der Waals surface area (Å²) in [5.74, 6) is -0.760. The van der Waals surface area contributed by atoms with E-state index in [0.29, 0.717) is 0 Å². The highest BCUT2D eigenvalue weighted by atomic mass is 32.1. The molecule has 1 saturated heterocycles. The SMILES string of the molecule is CCC(C)N1C(=O)C(=Cc2ccc3c(c2)CCCN3Cc2ccccc2)C(=O)NC1=S. The van der Waals surface area contributed by atoms with Crippen LogP contribution in [0, 0.1) is 0 Å². The normalized spacial score (nSPS) is 18.8. The van der Waals surface area contributed by atoms with Gasteiger partial charge in [-0.1, -0.05) is 43.3 Å². The molecule has 0 aromatic heterocycles. The van der Waals surface area contributed by atoms with Crippen LogP contribution in [0.3, 0.4) is 0 Å². The van der Waals surface area contributed by atoms with Gasteiger partial charge in [-0.2, -0.15) is 0 Å². The van der Waals surface area contributed by atoms with Crippen LogP contribution in [0.5, 0.6) is 0 Å². The Labute approximate surface area is 188 Å². The van der Waals surface area contributed by atoms with Crippen molar-refractivity contribution in [1.29, 1.82) is 0 Å². The summed E-state index contributed by atoms with van der Waals surface area (Å²) >= 11 is 5.23. The second-order valence-electron chi connectivity index (χ2n) is 8.15. The van der Waals surface area contributed by atoms with Crippen LogP contribution in [0.25, 0.3) is 6.08 Å². The van der Waals surface area contributed by atoms with Crippen molar-refractivity contribution in [3.63, 3.8) is 0 Å². The maximum absolute atomic E-state index is 13.0. The second kappa shape index (κ2) is 9.02. The molecule has 1 atom stereocenters. The number of fused-ring (bicyclic) bond motifs is 1. The van der Waals surface area contributed by atoms with E-state index in [-0.39, 0.29) is 22.6 Å². The molecule has 2 aromatic carbocycles. The Morgan fingerprint density at radius 1 is 1.16 bits per heavy atom. The lowest BCUT2D eigenvalue weighted by Crippen LogP contribution is -2.56. The zero-order valence-corrected chi connectivity index (χ0v) is 18.7. The van der Waals surface area contributed by atoms with E-state index in [1.807, 2.05) is 26.0 Å². The number of nitrogens with zero attached hydrogens (tertiary/aromatic N) is 2. The van der Waals surface area contributed by atoms with Gasteiger partial charge in [-0.15, -0.1) is 0 Å². The van der Waals surface area contributed by atoms with Crippen LogP contribution in [0.2, 0.25) is 0 Å². The van der Waals surface area contributed by atoms with Crippen LogP contribution in [0.1, 0.15) is 43.4 Å². The fourth-order valence-corrected chi connectivity index (χ4v) is 4.53. The van der Waals surface area contributed by atoms with E-state index in [4.69, 9.17) is 12.2 Å². The molecule has 4 rings (SSSR count). The first-order valence-corrected chi connectivity index (χ1v) is 11.2. The molecular formula is C25H27N3O2S. The van der Waals surface area contributed by atoms with Gasteiger partial charge in [0.15, 0.2) is 5.11 Å². The van der Waals surface area contributed by atoms with Gasteiger partial charge in [-0.25, -0.2) is 0 Å². The minimum atomic E-state index is -0.432. The third-order valence-electron chi connectivity index (χ3n) is 6.01. The Hall–Kier alpha value is -2.99. The molecule has 5 nitrogen and oxygen atoms in total. The average Bonchev–Trinajstić information content (AvgIpc) is 2.77. The van der Waals surface area contributed by atoms with Crippen molar-refractivity contribution in [2.24, 2.45) is 0 Å². The number of aryl methyl sites for hydroxylation is 1. The second-order valence-corrected chi connectivity index (χ2v) is 8.54. The zero-order valence-electron chi connectivity index (χ0n) is 17.9. The van der Waals surface area contributed by atoms with Gasteiger partial charge < -0.3 is 4.90 Å². The van der Waals surface area contributed by atoms with Crippen LogP contribution in [-0.2, 0) is 22.6 Å². The van der Waals surface area contributed by atoms with Crippen molar-refractivity contribution in [3.05, 3.63) is 70.8 Å². The molecule has 0 radical (unpaired) electrons. The minimum Gasteiger partial charge on any atom is -0.367 e. The highest BCUT2D eigenvalue weighted by molar-refractivity contribution is 7.80. The number of thiocarbonyl (C=S) groups is 1. The number of nitrogens with one attached hydrogen (secondary N) is 1. The molecule has 0 saturated carbocycles. The number of hydrogen-bond acceptors (Lipinski definition) is 4. The molecule has 0 spiro atoms. The molecule has 1 N–H and O–H groups in total. The highest BCUT2D eigenvalue weighted by Crippen LogP contribution is 2.30. The molecule has 0 aliphatic carbocycles. The summed E-state index contributed by atoms with van der Waals surface area (Å²) in [6.45, 7) is 5.81. The molecular weight excluding hydrogens is 406 g/mol. The predicted octanol–water partition coefficient (Wildman–Crippen LogP) is 4.06. The number of anilines is 1. The Bertz CT molecular complexity index is 1050. The van der Waals surface area contributed by atoms with Gasteiger partial charge in [0.25, 0.3) is 11.8 Å². The van der Waals surface area contributed by atoms with Gasteiger partial charge in [0.1, 0.15) is 5.57 Å². The molecule has 1 unspecified atom stereocenters. The Balaban J connectivity index is 1.61. The van der Waals surface area contributed by atoms with E-state index in [1.54, 1.807) is 6.08 Å². The summed E-state index contributed by atoms with van der Waals surface area (Å²) in [6, 6.07) is 16.6. The van der Waals surface area contributed by atoms with Crippen molar-refractivity contribution in [1.82, 2.24) is 10.2 Å². The van der Waals surface area contributed by atoms with Gasteiger partial charge in [0.2, 0.25) is 0 Å². The van der Waals surface area contributed by atoms with Gasteiger partial charge in [-0.3, -0.25) is 19.8 Å². The van der Waals surface area contributed by atoms with E-state index < -0.39 is 5.91 Å². The van der Waals surface area contributed by atoms with Crippen molar-refractivity contribution in [2.75, 3.05) is 11.4 Å². The Kier molecular flexibility index (Phi) is 6.18. The monoisotopic (exact) mass is 433 g/mol. The number of hydrogen-bond donors (Lipinski definition) is 1. The fourth-order valence-electron chi connectivity index (χ4n) is 4.17. The molecule has 2 heterocycles. The van der Waals surface area contributed by atoms with Gasteiger partial charge >= 0.3 is 0 Å². The highest BCUT2D eigenvalue weighted by Gasteiger charge is 2.35. The summed E-state index contributed by atoms with van der Waals surface area (Å²) in [4.78, 5) is 29.4. The number of rotatable bonds is 5. The summed E-state index contributed by atoms with van der Waals surface area (Å²) in [5, 5.41) is 2.85. The number of amides is 2. The van der Waals surface area contributed by atoms with Gasteiger partial charge in [0.05, 0.1) is 0 Å². The van der Waals surface area contributed by atoms with Crippen molar-refractivity contribution < 1.29 is 9.59 Å². The van der Waals surface area contributed by atoms with Crippen LogP contribution >= 0.6 is 12.2 Å². The molecule has 160 valence electrons. The summed E-state index contributed by atoms with van der Waals surface area (Å²) in [5.41, 5.74) is 4.74. The maximum Gasteiger partial charge on any atom is 0.265 e. The molecule has 2 aliphatic rings. The Morgan fingerprint density at radius 2 is 1.94 bits per heavy atom. The van der Waals surface area contributed by atoms with Crippen molar-refractivity contribution in [3.8, 4) is 0 Å². The number of carbonyl (C=O) groups is 2. The van der Waals surface area contributed by atoms with Crippen molar-refractivity contribution in [2.45, 2.75) is 45.7 Å². The third kappa shape index (κ3) is 4.39. The van der Waals surface area contributed by atoms with E-state index in [2.05, 4.69) is 46.6 Å². The number of carbonyl (C=O) groups excluding carboxylic acids is 2. The smallest absolute Gasteiger partial charge is 0.265 e. The summed E-state index contributed by atoms with van der Waals surface area (Å²) in [6.07, 6.45) is 4.51. The van der Waals surface area contributed by atoms with Crippen LogP contribution in [0.4, 0.5) is 5.69 Å². The summed E-state index contributed by atoms with van der Waals surface area (Å²) in [7, 11) is 0. The molecule has 2 aromatic rings. The van der Waals surface area contributed by atoms with Gasteiger partial charge in [-0.05, 0) is 73.3 Å². The predicted molar refractivity (Wildman–Crippen MR) is 128 cm³/mol. The quantitative estimate of drug-likeness (QED) is 0.439. The van der Waals surface area contributed by atoms with E-state index in [0.717, 1.165) is 37.9 Å². The number of benzene rings is 2. The van der Waals surface area contributed by atoms with Gasteiger partial charge in [0, 0.05) is 24.8 Å². The lowest BCUT2D eigenvalue weighted by atomic mass is 9.97. The largest absolute Gasteiger partial charge is 0.367 e. The maximum atomic E-state index is 13.0. The molecule has 0 bridgehead atoms. The van der Waals surface area contributed by atoms with E-state index in [9.17, 15) is 9.59 Å². The van der Waals surface area contributed by atoms with Crippen LogP contribution < -0.4 is 10.2 Å². The lowest BCUT2D eigenvalue weighted by molar-refractivity contribution is -0.130. The first-order chi connectivity index (χ1) is 15.0. The van der Waals surface area contributed by atoms with Crippen LogP contribution in [0.15, 0.2) is 54.1 Å². The first-order valence-electron chi connectivity index (χ1n) is 10.8. The standard InChI is InChI=1S/C25H27N3O2S/c1-3-17(2)28-24(30)21(23(29)26-25(28)31)15-19-11-12-22-20(14-19)10-7-13-27(22)16-18-8-5-4-6-9-18/h4-6,8-9,11-12,14-15,17H,3,7,10,13,16H2,1-2H3,(H,26,29,31). The molecule has 2 aliphatic heterocycles. The molecule has 1 fully saturated rings. The molecule has 31 heavy (non-hydrogen) atoms. The fraction of sp³-hybridized carbons (Fsp3) is 0.320. The summed E-state index contributed by atoms with van der Waals surface area (Å²) < 4.78 is 0. The lowest BCUT2D eigenvalue weighted by Gasteiger charge is -2.33. The van der Waals surface area contributed by atoms with E-state index >= 15 is 0 Å². The third-order valence-corrected chi connectivity index (χ3v) is 6.31. The minimum absolute atomic E-state index is 0.0703. The first kappa shape index (κ1) is 21.2. The topological polar surface area (TPSA) is 52.7 Å². The van der Waals surface area contributed by atoms with Crippen molar-refractivity contribution >= 4 is 40.9 Å². The zero-order chi connectivity index (χ0) is 22.0. The molecule has 6 heteroatoms. The van der Waals surface area contributed by atoms with E-state index in [1.165, 1.54) is 21.7 Å².